The van der Waals surface area contributed by atoms with Gasteiger partial charge < -0.3 is 10.6 Å². The molecule has 25 heavy (non-hydrogen) atoms. The van der Waals surface area contributed by atoms with E-state index in [0.717, 1.165) is 51.7 Å². The fourth-order valence-electron chi connectivity index (χ4n) is 3.79. The van der Waals surface area contributed by atoms with Crippen molar-refractivity contribution in [3.63, 3.8) is 0 Å². The average molecular weight is 343 g/mol. The summed E-state index contributed by atoms with van der Waals surface area (Å²) in [7, 11) is 0. The van der Waals surface area contributed by atoms with Crippen LogP contribution in [-0.2, 0) is 16.1 Å². The van der Waals surface area contributed by atoms with E-state index >= 15 is 0 Å². The summed E-state index contributed by atoms with van der Waals surface area (Å²) in [4.78, 5) is 27.0. The van der Waals surface area contributed by atoms with E-state index in [1.807, 2.05) is 13.0 Å². The molecule has 0 aromatic heterocycles. The third-order valence-electron chi connectivity index (χ3n) is 5.42. The van der Waals surface area contributed by atoms with Gasteiger partial charge in [0.25, 0.3) is 0 Å². The van der Waals surface area contributed by atoms with Crippen LogP contribution in [0.25, 0.3) is 0 Å². The van der Waals surface area contributed by atoms with Gasteiger partial charge in [-0.25, -0.2) is 0 Å². The molecule has 1 atom stereocenters. The zero-order valence-electron chi connectivity index (χ0n) is 15.1. The minimum atomic E-state index is -0.755. The topological polar surface area (TPSA) is 61.4 Å². The Bertz CT molecular complexity index is 596. The van der Waals surface area contributed by atoms with Crippen LogP contribution in [0.2, 0.25) is 0 Å². The first kappa shape index (κ1) is 17.9. The Kier molecular flexibility index (Phi) is 5.74. The Morgan fingerprint density at radius 3 is 2.68 bits per heavy atom. The lowest BCUT2D eigenvalue weighted by molar-refractivity contribution is -0.133. The van der Waals surface area contributed by atoms with E-state index in [9.17, 15) is 9.59 Å². The summed E-state index contributed by atoms with van der Waals surface area (Å²) in [6, 6.07) is 10.7. The molecule has 5 heteroatoms. The summed E-state index contributed by atoms with van der Waals surface area (Å²) >= 11 is 0. The maximum atomic E-state index is 12.7. The molecule has 1 aromatic rings. The van der Waals surface area contributed by atoms with E-state index in [1.165, 1.54) is 5.56 Å². The number of nitrogens with zero attached hydrogens (tertiary/aromatic N) is 1. The van der Waals surface area contributed by atoms with Crippen LogP contribution in [0.15, 0.2) is 30.3 Å². The highest BCUT2D eigenvalue weighted by molar-refractivity contribution is 5.91. The second-order valence-electron chi connectivity index (χ2n) is 7.60. The smallest absolute Gasteiger partial charge is 0.245 e. The first-order valence-corrected chi connectivity index (χ1v) is 9.43. The van der Waals surface area contributed by atoms with Crippen molar-refractivity contribution >= 4 is 11.8 Å². The summed E-state index contributed by atoms with van der Waals surface area (Å²) in [5.74, 6) is -0.0305. The van der Waals surface area contributed by atoms with Crippen molar-refractivity contribution in [2.45, 2.75) is 63.6 Å². The monoisotopic (exact) mass is 343 g/mol. The van der Waals surface area contributed by atoms with Crippen molar-refractivity contribution in [2.75, 3.05) is 13.1 Å². The number of piperidine rings is 1. The van der Waals surface area contributed by atoms with E-state index in [2.05, 4.69) is 39.8 Å². The van der Waals surface area contributed by atoms with Crippen molar-refractivity contribution in [3.05, 3.63) is 35.9 Å². The zero-order chi connectivity index (χ0) is 17.7. The summed E-state index contributed by atoms with van der Waals surface area (Å²) in [6.45, 7) is 4.80. The van der Waals surface area contributed by atoms with Crippen LogP contribution in [0.4, 0.5) is 0 Å². The Morgan fingerprint density at radius 1 is 1.24 bits per heavy atom. The van der Waals surface area contributed by atoms with E-state index in [1.54, 1.807) is 0 Å². The second-order valence-corrected chi connectivity index (χ2v) is 7.60. The number of carbonyl (C=O) groups excluding carboxylic acids is 2. The van der Waals surface area contributed by atoms with E-state index in [0.29, 0.717) is 6.42 Å². The van der Waals surface area contributed by atoms with Crippen molar-refractivity contribution < 1.29 is 9.59 Å². The Morgan fingerprint density at radius 2 is 1.96 bits per heavy atom. The van der Waals surface area contributed by atoms with Gasteiger partial charge in [-0.05, 0) is 38.2 Å². The summed E-state index contributed by atoms with van der Waals surface area (Å²) in [5.41, 5.74) is 0.577. The minimum Gasteiger partial charge on any atom is -0.351 e. The molecule has 136 valence electrons. The molecule has 3 rings (SSSR count). The molecule has 1 unspecified atom stereocenters. The zero-order valence-corrected chi connectivity index (χ0v) is 15.1. The molecule has 0 spiro atoms. The molecule has 2 heterocycles. The molecule has 0 bridgehead atoms. The molecule has 2 aliphatic rings. The predicted molar refractivity (Wildman–Crippen MR) is 97.9 cm³/mol. The van der Waals surface area contributed by atoms with Crippen LogP contribution in [-0.4, -0.2) is 41.4 Å². The van der Waals surface area contributed by atoms with Crippen molar-refractivity contribution in [1.29, 1.82) is 0 Å². The van der Waals surface area contributed by atoms with Crippen molar-refractivity contribution in [2.24, 2.45) is 0 Å². The minimum absolute atomic E-state index is 0.00664. The van der Waals surface area contributed by atoms with Crippen LogP contribution >= 0.6 is 0 Å². The summed E-state index contributed by atoms with van der Waals surface area (Å²) < 4.78 is 0. The van der Waals surface area contributed by atoms with Gasteiger partial charge in [0, 0.05) is 32.1 Å². The lowest BCUT2D eigenvalue weighted by Crippen LogP contribution is -2.58. The number of rotatable bonds is 4. The lowest BCUT2D eigenvalue weighted by atomic mass is 9.93. The van der Waals surface area contributed by atoms with Gasteiger partial charge in [0.05, 0.1) is 0 Å². The molecule has 1 aromatic carbocycles. The SMILES string of the molecule is CC1(C(=O)NC2CCN(Cc3ccccc3)CC2)CCCCC(=O)N1. The van der Waals surface area contributed by atoms with Gasteiger partial charge in [0.15, 0.2) is 0 Å². The number of likely N-dealkylation sites (tertiary alicyclic amines) is 1. The van der Waals surface area contributed by atoms with E-state index in [-0.39, 0.29) is 17.9 Å². The molecule has 2 amide bonds. The first-order chi connectivity index (χ1) is 12.0. The molecular formula is C20H29N3O2. The Labute approximate surface area is 150 Å². The highest BCUT2D eigenvalue weighted by Gasteiger charge is 2.37. The standard InChI is InChI=1S/C20H29N3O2/c1-20(12-6-5-9-18(24)22-20)19(25)21-17-10-13-23(14-11-17)15-16-7-3-2-4-8-16/h2-4,7-8,17H,5-6,9-15H2,1H3,(H,21,25)(H,22,24). The summed E-state index contributed by atoms with van der Waals surface area (Å²) in [6.07, 6.45) is 4.95. The van der Waals surface area contributed by atoms with Crippen LogP contribution in [0, 0.1) is 0 Å². The highest BCUT2D eigenvalue weighted by atomic mass is 16.2. The number of carbonyl (C=O) groups is 2. The third-order valence-corrected chi connectivity index (χ3v) is 5.42. The second kappa shape index (κ2) is 8.00. The van der Waals surface area contributed by atoms with Gasteiger partial charge in [0.2, 0.25) is 11.8 Å². The van der Waals surface area contributed by atoms with Crippen LogP contribution in [0.3, 0.4) is 0 Å². The fourth-order valence-corrected chi connectivity index (χ4v) is 3.79. The number of hydrogen-bond acceptors (Lipinski definition) is 3. The fraction of sp³-hybridized carbons (Fsp3) is 0.600. The van der Waals surface area contributed by atoms with Crippen LogP contribution in [0.1, 0.15) is 51.0 Å². The number of amides is 2. The van der Waals surface area contributed by atoms with Crippen molar-refractivity contribution in [1.82, 2.24) is 15.5 Å². The molecular weight excluding hydrogens is 314 g/mol. The van der Waals surface area contributed by atoms with Gasteiger partial charge in [-0.3, -0.25) is 14.5 Å². The molecule has 2 saturated heterocycles. The average Bonchev–Trinajstić information content (AvgIpc) is 2.79. The van der Waals surface area contributed by atoms with Gasteiger partial charge in [-0.2, -0.15) is 0 Å². The van der Waals surface area contributed by atoms with Gasteiger partial charge in [0.1, 0.15) is 5.54 Å². The Hall–Kier alpha value is -1.88. The van der Waals surface area contributed by atoms with E-state index in [4.69, 9.17) is 0 Å². The number of nitrogens with one attached hydrogen (secondary N) is 2. The van der Waals surface area contributed by atoms with E-state index < -0.39 is 5.54 Å². The maximum absolute atomic E-state index is 12.7. The van der Waals surface area contributed by atoms with Gasteiger partial charge in [-0.15, -0.1) is 0 Å². The van der Waals surface area contributed by atoms with Crippen LogP contribution < -0.4 is 10.6 Å². The summed E-state index contributed by atoms with van der Waals surface area (Å²) in [5, 5.41) is 6.11. The molecule has 0 aliphatic carbocycles. The molecule has 5 nitrogen and oxygen atoms in total. The van der Waals surface area contributed by atoms with Gasteiger partial charge in [-0.1, -0.05) is 36.8 Å². The molecule has 2 N–H and O–H groups in total. The maximum Gasteiger partial charge on any atom is 0.245 e. The quantitative estimate of drug-likeness (QED) is 0.881. The molecule has 2 fully saturated rings. The Balaban J connectivity index is 1.48. The first-order valence-electron chi connectivity index (χ1n) is 9.43. The van der Waals surface area contributed by atoms with Crippen molar-refractivity contribution in [3.8, 4) is 0 Å². The van der Waals surface area contributed by atoms with Gasteiger partial charge >= 0.3 is 0 Å². The third kappa shape index (κ3) is 4.82. The molecule has 0 radical (unpaired) electrons. The van der Waals surface area contributed by atoms with Crippen LogP contribution in [0.5, 0.6) is 0 Å². The molecule has 2 aliphatic heterocycles. The number of benzene rings is 1. The number of hydrogen-bond donors (Lipinski definition) is 2. The normalized spacial score (nSPS) is 25.9. The highest BCUT2D eigenvalue weighted by Crippen LogP contribution is 2.21. The predicted octanol–water partition coefficient (Wildman–Crippen LogP) is 2.22. The lowest BCUT2D eigenvalue weighted by Gasteiger charge is -2.35. The largest absolute Gasteiger partial charge is 0.351 e. The molecule has 0 saturated carbocycles.